The van der Waals surface area contributed by atoms with Crippen molar-refractivity contribution < 1.29 is 42.4 Å². The van der Waals surface area contributed by atoms with Crippen LogP contribution in [0.15, 0.2) is 24.3 Å². The van der Waals surface area contributed by atoms with Crippen molar-refractivity contribution >= 4 is 11.9 Å². The fourth-order valence-corrected chi connectivity index (χ4v) is 4.36. The molecule has 3 rings (SSSR count). The lowest BCUT2D eigenvalue weighted by molar-refractivity contribution is -0.192. The highest BCUT2D eigenvalue weighted by molar-refractivity contribution is 5.94. The number of nitrogens with zero attached hydrogens (tertiary/aromatic N) is 2. The number of rotatable bonds is 7. The summed E-state index contributed by atoms with van der Waals surface area (Å²) < 4.78 is 43.2. The lowest BCUT2D eigenvalue weighted by Crippen LogP contribution is -2.44. The van der Waals surface area contributed by atoms with Crippen LogP contribution in [-0.2, 0) is 14.3 Å². The zero-order valence-corrected chi connectivity index (χ0v) is 20.4. The van der Waals surface area contributed by atoms with E-state index >= 15 is 0 Å². The zero-order chi connectivity index (χ0) is 26.2. The van der Waals surface area contributed by atoms with Crippen molar-refractivity contribution in [3.63, 3.8) is 0 Å². The van der Waals surface area contributed by atoms with Crippen LogP contribution in [0.4, 0.5) is 13.2 Å². The number of amides is 1. The largest absolute Gasteiger partial charge is 0.508 e. The van der Waals surface area contributed by atoms with E-state index < -0.39 is 12.1 Å². The second-order valence-electron chi connectivity index (χ2n) is 9.36. The number of piperidine rings is 1. The van der Waals surface area contributed by atoms with Gasteiger partial charge in [-0.05, 0) is 62.8 Å². The molecule has 35 heavy (non-hydrogen) atoms. The molecule has 1 amide bonds. The van der Waals surface area contributed by atoms with Crippen LogP contribution >= 0.6 is 0 Å². The average molecular weight is 505 g/mol. The van der Waals surface area contributed by atoms with Gasteiger partial charge in [0, 0.05) is 44.9 Å². The van der Waals surface area contributed by atoms with Gasteiger partial charge >= 0.3 is 12.1 Å². The zero-order valence-electron chi connectivity index (χ0n) is 20.4. The van der Waals surface area contributed by atoms with Crippen molar-refractivity contribution in [3.05, 3.63) is 29.8 Å². The Labute approximate surface area is 203 Å². The number of carbonyl (C=O) groups is 2. The summed E-state index contributed by atoms with van der Waals surface area (Å²) in [5, 5.41) is 16.5. The first-order valence-corrected chi connectivity index (χ1v) is 11.6. The van der Waals surface area contributed by atoms with E-state index in [0.717, 1.165) is 58.7 Å². The molecule has 0 radical (unpaired) electrons. The van der Waals surface area contributed by atoms with Gasteiger partial charge < -0.3 is 24.6 Å². The minimum absolute atomic E-state index is 0.0517. The van der Waals surface area contributed by atoms with Gasteiger partial charge in [-0.25, -0.2) is 4.79 Å². The van der Waals surface area contributed by atoms with Crippen LogP contribution in [0.1, 0.15) is 43.5 Å². The highest BCUT2D eigenvalue weighted by atomic mass is 19.4. The summed E-state index contributed by atoms with van der Waals surface area (Å²) in [6.07, 6.45) is -1.76. The van der Waals surface area contributed by atoms with Crippen LogP contribution in [0, 0.1) is 5.41 Å². The van der Waals surface area contributed by atoms with Gasteiger partial charge in [-0.15, -0.1) is 0 Å². The molecule has 2 aliphatic heterocycles. The number of carboxylic acid groups (broad SMARTS) is 1. The number of carboxylic acids is 1. The summed E-state index contributed by atoms with van der Waals surface area (Å²) in [6, 6.07) is 6.99. The van der Waals surface area contributed by atoms with Crippen molar-refractivity contribution in [1.82, 2.24) is 9.80 Å². The first kappa shape index (κ1) is 28.9. The van der Waals surface area contributed by atoms with E-state index in [2.05, 4.69) is 18.7 Å². The van der Waals surface area contributed by atoms with Gasteiger partial charge in [-0.1, -0.05) is 0 Å². The van der Waals surface area contributed by atoms with Crippen LogP contribution in [0.3, 0.4) is 0 Å². The van der Waals surface area contributed by atoms with Gasteiger partial charge in [0.15, 0.2) is 0 Å². The maximum Gasteiger partial charge on any atom is 0.490 e. The number of hydrogen-bond donors (Lipinski definition) is 2. The van der Waals surface area contributed by atoms with Crippen LogP contribution in [0.2, 0.25) is 0 Å². The van der Waals surface area contributed by atoms with Gasteiger partial charge in [0.25, 0.3) is 5.91 Å². The van der Waals surface area contributed by atoms with Gasteiger partial charge in [-0.2, -0.15) is 13.2 Å². The Morgan fingerprint density at radius 3 is 2.29 bits per heavy atom. The van der Waals surface area contributed by atoms with Gasteiger partial charge in [0.05, 0.1) is 19.3 Å². The Bertz CT molecular complexity index is 824. The molecule has 2 N–H and O–H groups in total. The molecule has 198 valence electrons. The fraction of sp³-hybridized carbons (Fsp3) is 0.667. The fourth-order valence-electron chi connectivity index (χ4n) is 4.36. The van der Waals surface area contributed by atoms with Crippen molar-refractivity contribution in [2.75, 3.05) is 46.5 Å². The number of hydrogen-bond acceptors (Lipinski definition) is 6. The molecule has 1 unspecified atom stereocenters. The molecule has 1 atom stereocenters. The van der Waals surface area contributed by atoms with E-state index in [1.807, 2.05) is 4.90 Å². The summed E-state index contributed by atoms with van der Waals surface area (Å²) >= 11 is 0. The molecule has 2 heterocycles. The van der Waals surface area contributed by atoms with Crippen molar-refractivity contribution in [2.45, 2.75) is 51.4 Å². The molecular weight excluding hydrogens is 469 g/mol. The molecule has 0 aliphatic carbocycles. The van der Waals surface area contributed by atoms with Gasteiger partial charge in [0.1, 0.15) is 5.75 Å². The highest BCUT2D eigenvalue weighted by Gasteiger charge is 2.43. The number of aliphatic carboxylic acids is 1. The standard InChI is InChI=1S/C22H34N2O4.C2HF3O2/c1-17(2)24(12-13-27-3)15-20-14-22(16-28-20)8-10-23(11-9-22)21(26)18-4-6-19(25)7-5-18;3-2(4,5)1(6)7/h4-7,17,20,25H,8-16H2,1-3H3;(H,6,7). The second kappa shape index (κ2) is 12.5. The summed E-state index contributed by atoms with van der Waals surface area (Å²) in [5.41, 5.74) is 0.848. The molecule has 8 nitrogen and oxygen atoms in total. The van der Waals surface area contributed by atoms with Crippen molar-refractivity contribution in [2.24, 2.45) is 5.41 Å². The lowest BCUT2D eigenvalue weighted by atomic mass is 9.76. The Morgan fingerprint density at radius 2 is 1.80 bits per heavy atom. The van der Waals surface area contributed by atoms with Crippen LogP contribution in [0.25, 0.3) is 0 Å². The number of likely N-dealkylation sites (tertiary alicyclic amines) is 1. The number of phenolic OH excluding ortho intramolecular Hbond substituents is 1. The minimum Gasteiger partial charge on any atom is -0.508 e. The Morgan fingerprint density at radius 1 is 1.23 bits per heavy atom. The number of alkyl halides is 3. The molecule has 2 fully saturated rings. The summed E-state index contributed by atoms with van der Waals surface area (Å²) in [7, 11) is 1.74. The van der Waals surface area contributed by atoms with E-state index in [4.69, 9.17) is 19.4 Å². The van der Waals surface area contributed by atoms with Crippen LogP contribution < -0.4 is 0 Å². The first-order chi connectivity index (χ1) is 16.4. The Kier molecular flexibility index (Phi) is 10.3. The Balaban J connectivity index is 0.000000540. The summed E-state index contributed by atoms with van der Waals surface area (Å²) in [5.74, 6) is -2.52. The second-order valence-corrected chi connectivity index (χ2v) is 9.36. The van der Waals surface area contributed by atoms with Crippen molar-refractivity contribution in [3.8, 4) is 5.75 Å². The lowest BCUT2D eigenvalue weighted by Gasteiger charge is -2.38. The van der Waals surface area contributed by atoms with Crippen LogP contribution in [-0.4, -0.2) is 96.7 Å². The predicted molar refractivity (Wildman–Crippen MR) is 122 cm³/mol. The van der Waals surface area contributed by atoms with Gasteiger partial charge in [0.2, 0.25) is 0 Å². The normalized spacial score (nSPS) is 19.7. The third-order valence-electron chi connectivity index (χ3n) is 6.51. The number of halogens is 3. The quantitative estimate of drug-likeness (QED) is 0.587. The number of carbonyl (C=O) groups excluding carboxylic acids is 1. The number of phenols is 1. The average Bonchev–Trinajstić information content (AvgIpc) is 3.18. The third kappa shape index (κ3) is 8.66. The first-order valence-electron chi connectivity index (χ1n) is 11.6. The monoisotopic (exact) mass is 504 g/mol. The summed E-state index contributed by atoms with van der Waals surface area (Å²) in [6.45, 7) is 9.39. The number of ether oxygens (including phenoxy) is 2. The molecule has 2 saturated heterocycles. The highest BCUT2D eigenvalue weighted by Crippen LogP contribution is 2.42. The number of aromatic hydroxyl groups is 1. The topological polar surface area (TPSA) is 99.5 Å². The number of benzene rings is 1. The van der Waals surface area contributed by atoms with E-state index in [1.54, 1.807) is 31.4 Å². The van der Waals surface area contributed by atoms with Crippen LogP contribution in [0.5, 0.6) is 5.75 Å². The van der Waals surface area contributed by atoms with E-state index in [1.165, 1.54) is 0 Å². The molecule has 0 bridgehead atoms. The van der Waals surface area contributed by atoms with E-state index in [-0.39, 0.29) is 23.2 Å². The maximum absolute atomic E-state index is 12.7. The minimum atomic E-state index is -5.08. The number of methoxy groups -OCH3 is 1. The molecule has 1 aromatic rings. The molecule has 11 heteroatoms. The maximum atomic E-state index is 12.7. The molecule has 1 aromatic carbocycles. The third-order valence-corrected chi connectivity index (χ3v) is 6.51. The van der Waals surface area contributed by atoms with Gasteiger partial charge in [-0.3, -0.25) is 9.69 Å². The molecular formula is C24H35F3N2O6. The molecule has 0 aromatic heterocycles. The van der Waals surface area contributed by atoms with E-state index in [0.29, 0.717) is 11.6 Å². The summed E-state index contributed by atoms with van der Waals surface area (Å²) in [4.78, 5) is 26.0. The predicted octanol–water partition coefficient (Wildman–Crippen LogP) is 3.39. The molecule has 1 spiro atoms. The van der Waals surface area contributed by atoms with E-state index in [9.17, 15) is 23.1 Å². The van der Waals surface area contributed by atoms with Crippen molar-refractivity contribution in [1.29, 1.82) is 0 Å². The smallest absolute Gasteiger partial charge is 0.490 e. The SMILES string of the molecule is COCCN(CC1CC2(CCN(C(=O)c3ccc(O)cc3)CC2)CO1)C(C)C.O=C(O)C(F)(F)F. The molecule has 0 saturated carbocycles. The molecule has 2 aliphatic rings. The Hall–Kier alpha value is -2.37.